The number of rotatable bonds is 4. The lowest BCUT2D eigenvalue weighted by molar-refractivity contribution is -0.117. The van der Waals surface area contributed by atoms with Crippen LogP contribution in [-0.4, -0.2) is 32.2 Å². The first-order valence-corrected chi connectivity index (χ1v) is 9.19. The Morgan fingerprint density at radius 1 is 1.19 bits per heavy atom. The maximum absolute atomic E-state index is 13.9. The third-order valence-electron chi connectivity index (χ3n) is 5.00. The Labute approximate surface area is 156 Å². The summed E-state index contributed by atoms with van der Waals surface area (Å²) in [6.45, 7) is 2.86. The number of carbonyl (C=O) groups excluding carboxylic acids is 1. The monoisotopic (exact) mass is 374 g/mol. The maximum atomic E-state index is 13.9. The Hall–Kier alpha value is -2.11. The van der Waals surface area contributed by atoms with E-state index in [0.717, 1.165) is 18.8 Å². The Balaban J connectivity index is 1.50. The van der Waals surface area contributed by atoms with Crippen molar-refractivity contribution in [1.29, 1.82) is 0 Å². The van der Waals surface area contributed by atoms with E-state index in [-0.39, 0.29) is 23.6 Å². The van der Waals surface area contributed by atoms with Gasteiger partial charge in [0.2, 0.25) is 5.91 Å². The van der Waals surface area contributed by atoms with E-state index < -0.39 is 0 Å². The van der Waals surface area contributed by atoms with Gasteiger partial charge in [0.05, 0.1) is 24.6 Å². The summed E-state index contributed by atoms with van der Waals surface area (Å²) < 4.78 is 19.3. The van der Waals surface area contributed by atoms with E-state index >= 15 is 0 Å². The average molecular weight is 375 g/mol. The Morgan fingerprint density at radius 3 is 2.73 bits per heavy atom. The van der Waals surface area contributed by atoms with Gasteiger partial charge >= 0.3 is 0 Å². The van der Waals surface area contributed by atoms with Crippen LogP contribution in [0.5, 0.6) is 0 Å². The van der Waals surface area contributed by atoms with E-state index in [9.17, 15) is 9.18 Å². The minimum absolute atomic E-state index is 0.0535. The molecule has 26 heavy (non-hydrogen) atoms. The molecule has 2 fully saturated rings. The summed E-state index contributed by atoms with van der Waals surface area (Å²) in [6, 6.07) is 12.2. The number of nitrogens with zero attached hydrogens (tertiary/aromatic N) is 1. The molecule has 0 radical (unpaired) electrons. The molecule has 1 saturated heterocycles. The number of benzene rings is 2. The Bertz CT molecular complexity index is 823. The van der Waals surface area contributed by atoms with Gasteiger partial charge in [-0.2, -0.15) is 0 Å². The molecule has 1 N–H and O–H groups in total. The largest absolute Gasteiger partial charge is 0.378 e. The number of halogens is 2. The predicted octanol–water partition coefficient (Wildman–Crippen LogP) is 4.06. The molecular weight excluding hydrogens is 355 g/mol. The van der Waals surface area contributed by atoms with E-state index in [0.29, 0.717) is 35.9 Å². The fourth-order valence-electron chi connectivity index (χ4n) is 3.52. The van der Waals surface area contributed by atoms with Crippen molar-refractivity contribution in [3.63, 3.8) is 0 Å². The predicted molar refractivity (Wildman–Crippen MR) is 100 cm³/mol. The quantitative estimate of drug-likeness (QED) is 0.877. The van der Waals surface area contributed by atoms with Crippen molar-refractivity contribution in [3.8, 4) is 0 Å². The second-order valence-corrected chi connectivity index (χ2v) is 7.16. The lowest BCUT2D eigenvalue weighted by atomic mass is 10.1. The van der Waals surface area contributed by atoms with E-state index in [1.165, 1.54) is 6.07 Å². The highest BCUT2D eigenvalue weighted by atomic mass is 35.5. The molecule has 1 aliphatic carbocycles. The van der Waals surface area contributed by atoms with E-state index in [2.05, 4.69) is 10.2 Å². The van der Waals surface area contributed by atoms with Gasteiger partial charge in [0.1, 0.15) is 5.82 Å². The molecule has 4 rings (SSSR count). The van der Waals surface area contributed by atoms with Crippen molar-refractivity contribution in [1.82, 2.24) is 0 Å². The standard InChI is InChI=1S/C20H20ClFN2O2/c21-13-5-6-19(24-7-9-26-10-8-24)18(11-13)23-20(25)16-12-15(16)14-3-1-2-4-17(14)22/h1-6,11,15-16H,7-10,12H2,(H,23,25). The van der Waals surface area contributed by atoms with Crippen LogP contribution in [0.2, 0.25) is 5.02 Å². The van der Waals surface area contributed by atoms with Gasteiger partial charge in [-0.3, -0.25) is 4.79 Å². The number of anilines is 2. The normalized spacial score (nSPS) is 22.2. The summed E-state index contributed by atoms with van der Waals surface area (Å²) in [5, 5.41) is 3.57. The molecule has 0 aromatic heterocycles. The number of amides is 1. The van der Waals surface area contributed by atoms with E-state index in [1.54, 1.807) is 24.3 Å². The molecule has 0 bridgehead atoms. The summed E-state index contributed by atoms with van der Waals surface area (Å²) >= 11 is 6.14. The number of carbonyl (C=O) groups is 1. The van der Waals surface area contributed by atoms with Gasteiger partial charge in [-0.1, -0.05) is 29.8 Å². The van der Waals surface area contributed by atoms with Gasteiger partial charge in [-0.15, -0.1) is 0 Å². The molecule has 2 aromatic carbocycles. The SMILES string of the molecule is O=C(Nc1cc(Cl)ccc1N1CCOCC1)C1CC1c1ccccc1F. The minimum atomic E-state index is -0.246. The molecule has 2 unspecified atom stereocenters. The topological polar surface area (TPSA) is 41.6 Å². The van der Waals surface area contributed by atoms with Crippen LogP contribution in [0.3, 0.4) is 0 Å². The lowest BCUT2D eigenvalue weighted by Crippen LogP contribution is -2.36. The molecule has 1 saturated carbocycles. The first-order valence-electron chi connectivity index (χ1n) is 8.81. The van der Waals surface area contributed by atoms with Gasteiger partial charge in [0.25, 0.3) is 0 Å². The first-order chi connectivity index (χ1) is 12.6. The van der Waals surface area contributed by atoms with E-state index in [4.69, 9.17) is 16.3 Å². The molecule has 6 heteroatoms. The lowest BCUT2D eigenvalue weighted by Gasteiger charge is -2.30. The fourth-order valence-corrected chi connectivity index (χ4v) is 3.69. The third kappa shape index (κ3) is 3.55. The number of hydrogen-bond donors (Lipinski definition) is 1. The Morgan fingerprint density at radius 2 is 1.96 bits per heavy atom. The van der Waals surface area contributed by atoms with Crippen molar-refractivity contribution < 1.29 is 13.9 Å². The number of hydrogen-bond acceptors (Lipinski definition) is 3. The molecule has 0 spiro atoms. The molecule has 2 aromatic rings. The van der Waals surface area contributed by atoms with Gasteiger partial charge in [0, 0.05) is 24.0 Å². The smallest absolute Gasteiger partial charge is 0.228 e. The van der Waals surface area contributed by atoms with Crippen LogP contribution in [-0.2, 0) is 9.53 Å². The molecular formula is C20H20ClFN2O2. The summed E-state index contributed by atoms with van der Waals surface area (Å²) in [4.78, 5) is 14.9. The molecule has 1 amide bonds. The molecule has 2 aliphatic rings. The number of morpholine rings is 1. The van der Waals surface area contributed by atoms with E-state index in [1.807, 2.05) is 12.1 Å². The van der Waals surface area contributed by atoms with Crippen LogP contribution >= 0.6 is 11.6 Å². The van der Waals surface area contributed by atoms with Crippen molar-refractivity contribution in [2.45, 2.75) is 12.3 Å². The highest BCUT2D eigenvalue weighted by molar-refractivity contribution is 6.31. The maximum Gasteiger partial charge on any atom is 0.228 e. The van der Waals surface area contributed by atoms with Crippen LogP contribution in [0.1, 0.15) is 17.9 Å². The van der Waals surface area contributed by atoms with Crippen molar-refractivity contribution in [2.75, 3.05) is 36.5 Å². The zero-order valence-corrected chi connectivity index (χ0v) is 15.0. The second-order valence-electron chi connectivity index (χ2n) is 6.72. The van der Waals surface area contributed by atoms with Crippen molar-refractivity contribution >= 4 is 28.9 Å². The summed E-state index contributed by atoms with van der Waals surface area (Å²) in [6.07, 6.45) is 0.667. The fraction of sp³-hybridized carbons (Fsp3) is 0.350. The van der Waals surface area contributed by atoms with Gasteiger partial charge in [0.15, 0.2) is 0 Å². The van der Waals surface area contributed by atoms with Crippen LogP contribution in [0, 0.1) is 11.7 Å². The molecule has 136 valence electrons. The number of nitrogens with one attached hydrogen (secondary N) is 1. The Kier molecular flexibility index (Phi) is 4.83. The molecule has 1 aliphatic heterocycles. The zero-order valence-electron chi connectivity index (χ0n) is 14.3. The third-order valence-corrected chi connectivity index (χ3v) is 5.24. The highest BCUT2D eigenvalue weighted by Crippen LogP contribution is 2.49. The molecule has 2 atom stereocenters. The average Bonchev–Trinajstić information content (AvgIpc) is 3.44. The second kappa shape index (κ2) is 7.25. The summed E-state index contributed by atoms with van der Waals surface area (Å²) in [5.74, 6) is -0.592. The summed E-state index contributed by atoms with van der Waals surface area (Å²) in [7, 11) is 0. The van der Waals surface area contributed by atoms with Crippen LogP contribution in [0.25, 0.3) is 0 Å². The van der Waals surface area contributed by atoms with Crippen LogP contribution in [0.15, 0.2) is 42.5 Å². The van der Waals surface area contributed by atoms with Crippen LogP contribution in [0.4, 0.5) is 15.8 Å². The van der Waals surface area contributed by atoms with Gasteiger partial charge in [-0.25, -0.2) is 4.39 Å². The highest BCUT2D eigenvalue weighted by Gasteiger charge is 2.45. The number of ether oxygens (including phenoxy) is 1. The molecule has 4 nitrogen and oxygen atoms in total. The summed E-state index contributed by atoms with van der Waals surface area (Å²) in [5.41, 5.74) is 2.25. The van der Waals surface area contributed by atoms with Gasteiger partial charge in [-0.05, 0) is 42.2 Å². The first kappa shape index (κ1) is 17.3. The minimum Gasteiger partial charge on any atom is -0.378 e. The van der Waals surface area contributed by atoms with Crippen molar-refractivity contribution in [3.05, 3.63) is 58.9 Å². The molecule has 1 heterocycles. The van der Waals surface area contributed by atoms with Crippen molar-refractivity contribution in [2.24, 2.45) is 5.92 Å². The zero-order chi connectivity index (χ0) is 18.1. The van der Waals surface area contributed by atoms with Crippen LogP contribution < -0.4 is 10.2 Å². The van der Waals surface area contributed by atoms with Gasteiger partial charge < -0.3 is 15.0 Å².